The fourth-order valence-electron chi connectivity index (χ4n) is 3.12. The molecule has 1 aromatic rings. The van der Waals surface area contributed by atoms with E-state index in [2.05, 4.69) is 29.9 Å². The summed E-state index contributed by atoms with van der Waals surface area (Å²) in [6.07, 6.45) is 5.08. The van der Waals surface area contributed by atoms with Gasteiger partial charge in [-0.2, -0.15) is 10.4 Å². The van der Waals surface area contributed by atoms with Crippen LogP contribution >= 0.6 is 0 Å². The van der Waals surface area contributed by atoms with Crippen molar-refractivity contribution in [3.8, 4) is 6.07 Å². The lowest BCUT2D eigenvalue weighted by Gasteiger charge is -2.32. The molecule has 0 saturated heterocycles. The Morgan fingerprint density at radius 3 is 2.58 bits per heavy atom. The van der Waals surface area contributed by atoms with Gasteiger partial charge in [0, 0.05) is 19.6 Å². The molecule has 1 aliphatic carbocycles. The molecule has 1 heterocycles. The lowest BCUT2D eigenvalue weighted by atomic mass is 10.1. The van der Waals surface area contributed by atoms with Crippen molar-refractivity contribution < 1.29 is 0 Å². The highest BCUT2D eigenvalue weighted by Crippen LogP contribution is 2.31. The van der Waals surface area contributed by atoms with E-state index in [1.807, 2.05) is 18.7 Å². The molecule has 0 amide bonds. The summed E-state index contributed by atoms with van der Waals surface area (Å²) in [6, 6.07) is 2.91. The molecule has 4 nitrogen and oxygen atoms in total. The molecular weight excluding hydrogens is 236 g/mol. The smallest absolute Gasteiger partial charge is 0.145 e. The molecule has 0 bridgehead atoms. The van der Waals surface area contributed by atoms with Crippen LogP contribution in [0, 0.1) is 24.2 Å². The lowest BCUT2D eigenvalue weighted by molar-refractivity contribution is 0.520. The molecule has 0 aliphatic heterocycles. The summed E-state index contributed by atoms with van der Waals surface area (Å²) in [4.78, 5) is 2.43. The first-order valence-corrected chi connectivity index (χ1v) is 7.25. The molecule has 2 rings (SSSR count). The Balaban J connectivity index is 2.40. The molecule has 0 spiro atoms. The highest BCUT2D eigenvalue weighted by Gasteiger charge is 2.28. The van der Waals surface area contributed by atoms with E-state index in [0.717, 1.165) is 23.6 Å². The second-order valence-corrected chi connectivity index (χ2v) is 6.00. The Hall–Kier alpha value is -1.50. The van der Waals surface area contributed by atoms with Crippen LogP contribution in [0.5, 0.6) is 0 Å². The van der Waals surface area contributed by atoms with Crippen LogP contribution < -0.4 is 4.90 Å². The predicted octanol–water partition coefficient (Wildman–Crippen LogP) is 3.01. The van der Waals surface area contributed by atoms with Crippen LogP contribution in [0.2, 0.25) is 0 Å². The number of aryl methyl sites for hydroxylation is 2. The standard InChI is InChI=1S/C15H24N4/c1-11(2)10-19(13-7-5-6-8-13)15-14(9-16)12(3)17-18(15)4/h11,13H,5-8,10H2,1-4H3. The monoisotopic (exact) mass is 260 g/mol. The van der Waals surface area contributed by atoms with Crippen molar-refractivity contribution in [2.75, 3.05) is 11.4 Å². The SMILES string of the molecule is Cc1nn(C)c(N(CC(C)C)C2CCCC2)c1C#N. The van der Waals surface area contributed by atoms with Gasteiger partial charge in [0.25, 0.3) is 0 Å². The molecule has 19 heavy (non-hydrogen) atoms. The van der Waals surface area contributed by atoms with Gasteiger partial charge in [0.2, 0.25) is 0 Å². The number of nitriles is 1. The second kappa shape index (κ2) is 5.64. The fourth-order valence-corrected chi connectivity index (χ4v) is 3.12. The Labute approximate surface area is 116 Å². The Morgan fingerprint density at radius 2 is 2.05 bits per heavy atom. The van der Waals surface area contributed by atoms with E-state index in [4.69, 9.17) is 0 Å². The second-order valence-electron chi connectivity index (χ2n) is 6.00. The highest BCUT2D eigenvalue weighted by atomic mass is 15.4. The minimum atomic E-state index is 0.573. The molecule has 0 N–H and O–H groups in total. The van der Waals surface area contributed by atoms with Gasteiger partial charge in [-0.1, -0.05) is 26.7 Å². The van der Waals surface area contributed by atoms with Crippen LogP contribution in [0.4, 0.5) is 5.82 Å². The first-order valence-electron chi connectivity index (χ1n) is 7.25. The van der Waals surface area contributed by atoms with Crippen LogP contribution in [-0.4, -0.2) is 22.4 Å². The molecule has 4 heteroatoms. The Kier molecular flexibility index (Phi) is 4.14. The molecule has 0 atom stereocenters. The van der Waals surface area contributed by atoms with Crippen molar-refractivity contribution in [2.45, 2.75) is 52.5 Å². The average Bonchev–Trinajstić information content (AvgIpc) is 2.94. The topological polar surface area (TPSA) is 44.9 Å². The van der Waals surface area contributed by atoms with E-state index in [0.29, 0.717) is 12.0 Å². The third-order valence-electron chi connectivity index (χ3n) is 3.90. The van der Waals surface area contributed by atoms with E-state index in [-0.39, 0.29) is 0 Å². The summed E-state index contributed by atoms with van der Waals surface area (Å²) in [5.74, 6) is 1.60. The first-order chi connectivity index (χ1) is 9.04. The molecule has 1 aliphatic rings. The van der Waals surface area contributed by atoms with Gasteiger partial charge >= 0.3 is 0 Å². The predicted molar refractivity (Wildman–Crippen MR) is 77.1 cm³/mol. The van der Waals surface area contributed by atoms with E-state index in [1.54, 1.807) is 0 Å². The highest BCUT2D eigenvalue weighted by molar-refractivity contribution is 5.57. The van der Waals surface area contributed by atoms with Crippen LogP contribution in [-0.2, 0) is 7.05 Å². The van der Waals surface area contributed by atoms with Crippen LogP contribution in [0.25, 0.3) is 0 Å². The Morgan fingerprint density at radius 1 is 1.42 bits per heavy atom. The maximum Gasteiger partial charge on any atom is 0.145 e. The van der Waals surface area contributed by atoms with Gasteiger partial charge in [0.1, 0.15) is 17.5 Å². The van der Waals surface area contributed by atoms with Gasteiger partial charge in [-0.05, 0) is 25.7 Å². The molecule has 0 radical (unpaired) electrons. The quantitative estimate of drug-likeness (QED) is 0.836. The fraction of sp³-hybridized carbons (Fsp3) is 0.733. The Bertz CT molecular complexity index is 475. The van der Waals surface area contributed by atoms with Crippen LogP contribution in [0.15, 0.2) is 0 Å². The van der Waals surface area contributed by atoms with Crippen molar-refractivity contribution in [3.63, 3.8) is 0 Å². The minimum Gasteiger partial charge on any atom is -0.352 e. The van der Waals surface area contributed by atoms with Crippen molar-refractivity contribution in [2.24, 2.45) is 13.0 Å². The summed E-state index contributed by atoms with van der Waals surface area (Å²) in [6.45, 7) is 7.39. The van der Waals surface area contributed by atoms with Crippen molar-refractivity contribution in [3.05, 3.63) is 11.3 Å². The summed E-state index contributed by atoms with van der Waals surface area (Å²) >= 11 is 0. The van der Waals surface area contributed by atoms with Crippen molar-refractivity contribution in [1.82, 2.24) is 9.78 Å². The van der Waals surface area contributed by atoms with E-state index in [9.17, 15) is 5.26 Å². The molecule has 0 unspecified atom stereocenters. The van der Waals surface area contributed by atoms with Crippen molar-refractivity contribution >= 4 is 5.82 Å². The van der Waals surface area contributed by atoms with E-state index >= 15 is 0 Å². The van der Waals surface area contributed by atoms with Gasteiger partial charge < -0.3 is 4.90 Å². The van der Waals surface area contributed by atoms with Crippen LogP contribution in [0.1, 0.15) is 50.8 Å². The average molecular weight is 260 g/mol. The molecule has 0 aromatic carbocycles. The summed E-state index contributed by atoms with van der Waals surface area (Å²) < 4.78 is 1.88. The molecule has 1 saturated carbocycles. The van der Waals surface area contributed by atoms with Gasteiger partial charge in [0.05, 0.1) is 5.69 Å². The van der Waals surface area contributed by atoms with Gasteiger partial charge in [-0.3, -0.25) is 4.68 Å². The largest absolute Gasteiger partial charge is 0.352 e. The molecular formula is C15H24N4. The van der Waals surface area contributed by atoms with Crippen LogP contribution in [0.3, 0.4) is 0 Å². The third-order valence-corrected chi connectivity index (χ3v) is 3.90. The zero-order valence-electron chi connectivity index (χ0n) is 12.5. The zero-order valence-corrected chi connectivity index (χ0v) is 12.5. The first kappa shape index (κ1) is 13.9. The number of anilines is 1. The van der Waals surface area contributed by atoms with E-state index < -0.39 is 0 Å². The number of rotatable bonds is 4. The van der Waals surface area contributed by atoms with E-state index in [1.165, 1.54) is 25.7 Å². The minimum absolute atomic E-state index is 0.573. The normalized spacial score (nSPS) is 16.0. The number of hydrogen-bond donors (Lipinski definition) is 0. The lowest BCUT2D eigenvalue weighted by Crippen LogP contribution is -2.38. The summed E-state index contributed by atoms with van der Waals surface area (Å²) in [5.41, 5.74) is 1.59. The number of hydrogen-bond acceptors (Lipinski definition) is 3. The van der Waals surface area contributed by atoms with Gasteiger partial charge in [-0.25, -0.2) is 0 Å². The summed E-state index contributed by atoms with van der Waals surface area (Å²) in [5, 5.41) is 13.8. The van der Waals surface area contributed by atoms with Gasteiger partial charge in [0.15, 0.2) is 0 Å². The maximum atomic E-state index is 9.41. The molecule has 1 aromatic heterocycles. The maximum absolute atomic E-state index is 9.41. The number of nitrogens with zero attached hydrogens (tertiary/aromatic N) is 4. The third kappa shape index (κ3) is 2.75. The molecule has 1 fully saturated rings. The zero-order chi connectivity index (χ0) is 14.0. The van der Waals surface area contributed by atoms with Gasteiger partial charge in [-0.15, -0.1) is 0 Å². The number of aromatic nitrogens is 2. The van der Waals surface area contributed by atoms with Crippen molar-refractivity contribution in [1.29, 1.82) is 5.26 Å². The molecule has 104 valence electrons. The summed E-state index contributed by atoms with van der Waals surface area (Å²) in [7, 11) is 1.95.